The normalized spacial score (nSPS) is 23.2. The highest BCUT2D eigenvalue weighted by Gasteiger charge is 2.42. The summed E-state index contributed by atoms with van der Waals surface area (Å²) in [5.74, 6) is -2.61. The van der Waals surface area contributed by atoms with E-state index in [9.17, 15) is 13.6 Å². The molecule has 2 rings (SSSR count). The minimum absolute atomic E-state index is 0.218. The Labute approximate surface area is 91.0 Å². The van der Waals surface area contributed by atoms with Crippen molar-refractivity contribution in [1.29, 1.82) is 0 Å². The minimum atomic E-state index is -2.79. The van der Waals surface area contributed by atoms with Gasteiger partial charge in [-0.3, -0.25) is 10.1 Å². The van der Waals surface area contributed by atoms with Crippen molar-refractivity contribution in [3.8, 4) is 0 Å². The summed E-state index contributed by atoms with van der Waals surface area (Å²) in [4.78, 5) is 11.5. The Morgan fingerprint density at radius 1 is 1.69 bits per heavy atom. The maximum atomic E-state index is 12.8. The number of furan rings is 1. The molecule has 0 saturated carbocycles. The highest BCUT2D eigenvalue weighted by molar-refractivity contribution is 5.82. The van der Waals surface area contributed by atoms with Crippen LogP contribution in [0.3, 0.4) is 0 Å². The van der Waals surface area contributed by atoms with E-state index in [2.05, 4.69) is 10.6 Å². The largest absolute Gasteiger partial charge is 0.467 e. The summed E-state index contributed by atoms with van der Waals surface area (Å²) in [7, 11) is 0. The van der Waals surface area contributed by atoms with E-state index in [0.717, 1.165) is 0 Å². The monoisotopic (exact) mass is 230 g/mol. The lowest BCUT2D eigenvalue weighted by Gasteiger charge is -2.09. The Kier molecular flexibility index (Phi) is 2.91. The van der Waals surface area contributed by atoms with E-state index in [1.165, 1.54) is 6.26 Å². The number of hydrogen-bond acceptors (Lipinski definition) is 3. The molecule has 1 unspecified atom stereocenters. The molecule has 1 atom stereocenters. The SMILES string of the molecule is O=C(NCc1ccco1)C1CC(F)(F)CN1. The summed E-state index contributed by atoms with van der Waals surface area (Å²) >= 11 is 0. The molecule has 0 spiro atoms. The third-order valence-corrected chi connectivity index (χ3v) is 2.44. The van der Waals surface area contributed by atoms with Gasteiger partial charge in [0.1, 0.15) is 5.76 Å². The van der Waals surface area contributed by atoms with Crippen molar-refractivity contribution in [2.75, 3.05) is 6.54 Å². The Morgan fingerprint density at radius 3 is 3.06 bits per heavy atom. The lowest BCUT2D eigenvalue weighted by molar-refractivity contribution is -0.123. The van der Waals surface area contributed by atoms with E-state index in [0.29, 0.717) is 5.76 Å². The smallest absolute Gasteiger partial charge is 0.262 e. The second kappa shape index (κ2) is 4.21. The van der Waals surface area contributed by atoms with Crippen molar-refractivity contribution >= 4 is 5.91 Å². The van der Waals surface area contributed by atoms with Crippen LogP contribution in [-0.2, 0) is 11.3 Å². The van der Waals surface area contributed by atoms with Crippen molar-refractivity contribution in [3.05, 3.63) is 24.2 Å². The van der Waals surface area contributed by atoms with Crippen LogP contribution in [0.25, 0.3) is 0 Å². The molecule has 1 aliphatic rings. The molecule has 88 valence electrons. The number of halogens is 2. The van der Waals surface area contributed by atoms with Gasteiger partial charge in [-0.05, 0) is 12.1 Å². The third-order valence-electron chi connectivity index (χ3n) is 2.44. The lowest BCUT2D eigenvalue weighted by Crippen LogP contribution is -2.39. The average Bonchev–Trinajstić information content (AvgIpc) is 2.83. The fourth-order valence-corrected chi connectivity index (χ4v) is 1.61. The van der Waals surface area contributed by atoms with Gasteiger partial charge in [0.25, 0.3) is 5.92 Å². The average molecular weight is 230 g/mol. The van der Waals surface area contributed by atoms with Crippen LogP contribution in [0.1, 0.15) is 12.2 Å². The van der Waals surface area contributed by atoms with Crippen LogP contribution in [-0.4, -0.2) is 24.4 Å². The second-order valence-corrected chi connectivity index (χ2v) is 3.79. The van der Waals surface area contributed by atoms with Crippen LogP contribution in [0, 0.1) is 0 Å². The molecule has 0 radical (unpaired) electrons. The molecular weight excluding hydrogens is 218 g/mol. The second-order valence-electron chi connectivity index (χ2n) is 3.79. The van der Waals surface area contributed by atoms with Gasteiger partial charge in [-0.1, -0.05) is 0 Å². The van der Waals surface area contributed by atoms with Crippen molar-refractivity contribution in [2.24, 2.45) is 0 Å². The lowest BCUT2D eigenvalue weighted by atomic mass is 10.2. The van der Waals surface area contributed by atoms with Gasteiger partial charge in [0.2, 0.25) is 5.91 Å². The zero-order valence-electron chi connectivity index (χ0n) is 8.50. The van der Waals surface area contributed by atoms with Gasteiger partial charge in [-0.2, -0.15) is 0 Å². The van der Waals surface area contributed by atoms with Gasteiger partial charge in [0, 0.05) is 6.42 Å². The van der Waals surface area contributed by atoms with Gasteiger partial charge in [0.05, 0.1) is 25.4 Å². The van der Waals surface area contributed by atoms with Crippen molar-refractivity contribution in [3.63, 3.8) is 0 Å². The van der Waals surface area contributed by atoms with E-state index in [4.69, 9.17) is 4.42 Å². The summed E-state index contributed by atoms with van der Waals surface area (Å²) in [6.07, 6.45) is 1.04. The molecule has 16 heavy (non-hydrogen) atoms. The zero-order valence-corrected chi connectivity index (χ0v) is 8.50. The minimum Gasteiger partial charge on any atom is -0.467 e. The predicted molar refractivity (Wildman–Crippen MR) is 51.9 cm³/mol. The molecule has 0 aromatic carbocycles. The van der Waals surface area contributed by atoms with E-state index < -0.39 is 30.8 Å². The molecular formula is C10H12F2N2O2. The highest BCUT2D eigenvalue weighted by Crippen LogP contribution is 2.25. The van der Waals surface area contributed by atoms with Crippen LogP contribution >= 0.6 is 0 Å². The Morgan fingerprint density at radius 2 is 2.50 bits per heavy atom. The maximum absolute atomic E-state index is 12.8. The molecule has 2 heterocycles. The number of hydrogen-bond donors (Lipinski definition) is 2. The fraction of sp³-hybridized carbons (Fsp3) is 0.500. The van der Waals surface area contributed by atoms with Crippen LogP contribution in [0.15, 0.2) is 22.8 Å². The first-order valence-electron chi connectivity index (χ1n) is 4.98. The Bertz CT molecular complexity index is 365. The van der Waals surface area contributed by atoms with Gasteiger partial charge in [0.15, 0.2) is 0 Å². The third kappa shape index (κ3) is 2.57. The topological polar surface area (TPSA) is 54.3 Å². The first kappa shape index (κ1) is 11.1. The van der Waals surface area contributed by atoms with Gasteiger partial charge in [-0.15, -0.1) is 0 Å². The van der Waals surface area contributed by atoms with E-state index in [1.54, 1.807) is 12.1 Å². The van der Waals surface area contributed by atoms with Crippen LogP contribution < -0.4 is 10.6 Å². The van der Waals surface area contributed by atoms with Crippen LogP contribution in [0.5, 0.6) is 0 Å². The summed E-state index contributed by atoms with van der Waals surface area (Å²) in [5, 5.41) is 5.02. The molecule has 1 aliphatic heterocycles. The maximum Gasteiger partial charge on any atom is 0.262 e. The van der Waals surface area contributed by atoms with Crippen LogP contribution in [0.2, 0.25) is 0 Å². The number of rotatable bonds is 3. The Hall–Kier alpha value is -1.43. The molecule has 0 bridgehead atoms. The van der Waals surface area contributed by atoms with Gasteiger partial charge < -0.3 is 9.73 Å². The number of nitrogens with one attached hydrogen (secondary N) is 2. The first-order chi connectivity index (χ1) is 7.57. The Balaban J connectivity index is 1.81. The zero-order chi connectivity index (χ0) is 11.6. The summed E-state index contributed by atoms with van der Waals surface area (Å²) in [5.41, 5.74) is 0. The number of alkyl halides is 2. The molecule has 1 amide bonds. The predicted octanol–water partition coefficient (Wildman–Crippen LogP) is 0.893. The van der Waals surface area contributed by atoms with Gasteiger partial charge in [-0.25, -0.2) is 8.78 Å². The standard InChI is InChI=1S/C10H12F2N2O2/c11-10(12)4-8(14-6-10)9(15)13-5-7-2-1-3-16-7/h1-3,8,14H,4-6H2,(H,13,15). The first-order valence-corrected chi connectivity index (χ1v) is 4.98. The molecule has 2 N–H and O–H groups in total. The number of carbonyl (C=O) groups excluding carboxylic acids is 1. The van der Waals surface area contributed by atoms with Crippen molar-refractivity contribution < 1.29 is 18.0 Å². The fourth-order valence-electron chi connectivity index (χ4n) is 1.61. The highest BCUT2D eigenvalue weighted by atomic mass is 19.3. The molecule has 1 fully saturated rings. The van der Waals surface area contributed by atoms with E-state index >= 15 is 0 Å². The molecule has 1 saturated heterocycles. The quantitative estimate of drug-likeness (QED) is 0.811. The van der Waals surface area contributed by atoms with Crippen molar-refractivity contribution in [2.45, 2.75) is 24.9 Å². The molecule has 1 aromatic heterocycles. The molecule has 6 heteroatoms. The van der Waals surface area contributed by atoms with E-state index in [-0.39, 0.29) is 6.54 Å². The number of carbonyl (C=O) groups is 1. The molecule has 1 aromatic rings. The van der Waals surface area contributed by atoms with Gasteiger partial charge >= 0.3 is 0 Å². The molecule has 0 aliphatic carbocycles. The summed E-state index contributed by atoms with van der Waals surface area (Å²) in [6, 6.07) is 2.59. The van der Waals surface area contributed by atoms with Crippen molar-refractivity contribution in [1.82, 2.24) is 10.6 Å². The van der Waals surface area contributed by atoms with E-state index in [1.807, 2.05) is 0 Å². The number of amides is 1. The molecule has 4 nitrogen and oxygen atoms in total. The summed E-state index contributed by atoms with van der Waals surface area (Å²) in [6.45, 7) is -0.221. The van der Waals surface area contributed by atoms with Crippen LogP contribution in [0.4, 0.5) is 8.78 Å². The summed E-state index contributed by atoms with van der Waals surface area (Å²) < 4.78 is 30.6.